The number of anilines is 1. The van der Waals surface area contributed by atoms with E-state index in [1.165, 1.54) is 0 Å². The summed E-state index contributed by atoms with van der Waals surface area (Å²) in [5.41, 5.74) is 2.84. The Hall–Kier alpha value is -3.72. The molecule has 3 N–H and O–H groups in total. The Labute approximate surface area is 197 Å². The maximum absolute atomic E-state index is 13.4. The first kappa shape index (κ1) is 22.1. The van der Waals surface area contributed by atoms with Crippen LogP contribution in [0.1, 0.15) is 50.3 Å². The van der Waals surface area contributed by atoms with Gasteiger partial charge in [-0.2, -0.15) is 0 Å². The summed E-state index contributed by atoms with van der Waals surface area (Å²) in [6.07, 6.45) is 2.55. The number of fused-ring (bicyclic) bond motifs is 5. The predicted octanol–water partition coefficient (Wildman–Crippen LogP) is 2.25. The van der Waals surface area contributed by atoms with Crippen LogP contribution in [-0.4, -0.2) is 64.9 Å². The molecular formula is C25H28N6O3. The highest BCUT2D eigenvalue weighted by molar-refractivity contribution is 6.08. The number of piperazine rings is 1. The zero-order valence-electron chi connectivity index (χ0n) is 19.0. The standard InChI is InChI=1S/C25H28N6O3/c32-22-17-6-4-7-18(16-17)23(33)29-25-28-20-9-5-8-19(24(34)30-14-11-26-12-15-30)21(20)31(25)13-3-1-2-10-27-22/h4-9,16,26H,1-3,10-15H2,(H,27,32)(H,28,29,33). The van der Waals surface area contributed by atoms with Crippen LogP contribution in [0.3, 0.4) is 0 Å². The molecule has 0 atom stereocenters. The number of aromatic nitrogens is 2. The van der Waals surface area contributed by atoms with Crippen molar-refractivity contribution < 1.29 is 14.4 Å². The molecule has 0 aliphatic carbocycles. The first-order chi connectivity index (χ1) is 16.6. The molecule has 2 bridgehead atoms. The molecule has 1 fully saturated rings. The second kappa shape index (κ2) is 9.64. The fraction of sp³-hybridized carbons (Fsp3) is 0.360. The van der Waals surface area contributed by atoms with E-state index >= 15 is 0 Å². The van der Waals surface area contributed by atoms with Gasteiger partial charge in [0.15, 0.2) is 0 Å². The third kappa shape index (κ3) is 4.38. The van der Waals surface area contributed by atoms with Gasteiger partial charge >= 0.3 is 0 Å². The molecule has 9 nitrogen and oxygen atoms in total. The lowest BCUT2D eigenvalue weighted by Gasteiger charge is -2.27. The van der Waals surface area contributed by atoms with E-state index in [4.69, 9.17) is 0 Å². The minimum Gasteiger partial charge on any atom is -0.352 e. The number of hydrogen-bond donors (Lipinski definition) is 3. The van der Waals surface area contributed by atoms with E-state index in [2.05, 4.69) is 20.9 Å². The van der Waals surface area contributed by atoms with Gasteiger partial charge in [0, 0.05) is 50.4 Å². The molecule has 0 saturated carbocycles. The van der Waals surface area contributed by atoms with Gasteiger partial charge in [-0.3, -0.25) is 19.7 Å². The number of carbonyl (C=O) groups excluding carboxylic acids is 3. The van der Waals surface area contributed by atoms with Gasteiger partial charge in [0.25, 0.3) is 17.7 Å². The molecule has 2 aliphatic heterocycles. The molecule has 2 aromatic carbocycles. The van der Waals surface area contributed by atoms with Crippen LogP contribution in [0, 0.1) is 0 Å². The number of benzene rings is 2. The SMILES string of the molecule is O=C1NCCCCCn2c(nc3cccc(C(=O)N4CCNCC4)c32)NC(=O)c2cccc1c2. The van der Waals surface area contributed by atoms with Gasteiger partial charge in [0.1, 0.15) is 0 Å². The Balaban J connectivity index is 1.56. The molecule has 1 saturated heterocycles. The van der Waals surface area contributed by atoms with Crippen LogP contribution >= 0.6 is 0 Å². The van der Waals surface area contributed by atoms with Crippen molar-refractivity contribution in [3.8, 4) is 0 Å². The zero-order chi connectivity index (χ0) is 23.5. The van der Waals surface area contributed by atoms with Crippen molar-refractivity contribution in [2.24, 2.45) is 0 Å². The highest BCUT2D eigenvalue weighted by atomic mass is 16.2. The third-order valence-electron chi connectivity index (χ3n) is 6.36. The summed E-state index contributed by atoms with van der Waals surface area (Å²) >= 11 is 0. The van der Waals surface area contributed by atoms with E-state index in [1.807, 2.05) is 27.7 Å². The van der Waals surface area contributed by atoms with Crippen molar-refractivity contribution in [3.05, 3.63) is 59.2 Å². The number of rotatable bonds is 1. The Morgan fingerprint density at radius 1 is 0.853 bits per heavy atom. The van der Waals surface area contributed by atoms with Gasteiger partial charge in [-0.25, -0.2) is 4.98 Å². The molecule has 0 unspecified atom stereocenters. The Kier molecular flexibility index (Phi) is 6.27. The minimum absolute atomic E-state index is 0.0176. The molecule has 176 valence electrons. The fourth-order valence-corrected chi connectivity index (χ4v) is 4.56. The summed E-state index contributed by atoms with van der Waals surface area (Å²) in [6.45, 7) is 4.05. The van der Waals surface area contributed by atoms with E-state index in [1.54, 1.807) is 24.3 Å². The largest absolute Gasteiger partial charge is 0.352 e. The molecule has 3 aromatic rings. The van der Waals surface area contributed by atoms with Crippen molar-refractivity contribution in [2.75, 3.05) is 38.0 Å². The van der Waals surface area contributed by atoms with E-state index in [0.717, 1.165) is 37.9 Å². The number of hydrogen-bond acceptors (Lipinski definition) is 5. The van der Waals surface area contributed by atoms with Gasteiger partial charge in [-0.05, 0) is 49.6 Å². The topological polar surface area (TPSA) is 108 Å². The third-order valence-corrected chi connectivity index (χ3v) is 6.36. The first-order valence-electron chi connectivity index (χ1n) is 11.8. The van der Waals surface area contributed by atoms with Gasteiger partial charge in [0.05, 0.1) is 16.6 Å². The number of nitrogens with one attached hydrogen (secondary N) is 3. The highest BCUT2D eigenvalue weighted by Crippen LogP contribution is 2.26. The Morgan fingerprint density at radius 3 is 2.44 bits per heavy atom. The molecule has 0 spiro atoms. The summed E-state index contributed by atoms with van der Waals surface area (Å²) in [7, 11) is 0. The fourth-order valence-electron chi connectivity index (χ4n) is 4.56. The average molecular weight is 461 g/mol. The lowest BCUT2D eigenvalue weighted by Crippen LogP contribution is -2.46. The first-order valence-corrected chi connectivity index (χ1v) is 11.8. The molecule has 1 aromatic heterocycles. The molecule has 34 heavy (non-hydrogen) atoms. The zero-order valence-corrected chi connectivity index (χ0v) is 19.0. The molecule has 9 heteroatoms. The van der Waals surface area contributed by atoms with Crippen LogP contribution in [0.15, 0.2) is 42.5 Å². The van der Waals surface area contributed by atoms with E-state index in [0.29, 0.717) is 54.3 Å². The Morgan fingerprint density at radius 2 is 1.62 bits per heavy atom. The van der Waals surface area contributed by atoms with Crippen molar-refractivity contribution in [2.45, 2.75) is 25.8 Å². The van der Waals surface area contributed by atoms with Crippen LogP contribution in [0.4, 0.5) is 5.95 Å². The number of imidazole rings is 1. The minimum atomic E-state index is -0.349. The summed E-state index contributed by atoms with van der Waals surface area (Å²) in [4.78, 5) is 45.4. The van der Waals surface area contributed by atoms with E-state index in [-0.39, 0.29) is 17.7 Å². The monoisotopic (exact) mass is 460 g/mol. The number of aryl methyl sites for hydroxylation is 1. The molecular weight excluding hydrogens is 432 g/mol. The maximum atomic E-state index is 13.4. The van der Waals surface area contributed by atoms with E-state index < -0.39 is 0 Å². The maximum Gasteiger partial charge on any atom is 0.257 e. The second-order valence-corrected chi connectivity index (χ2v) is 8.65. The Bertz CT molecular complexity index is 1240. The lowest BCUT2D eigenvalue weighted by atomic mass is 10.1. The molecule has 0 radical (unpaired) electrons. The van der Waals surface area contributed by atoms with Gasteiger partial charge in [0.2, 0.25) is 5.95 Å². The van der Waals surface area contributed by atoms with Crippen molar-refractivity contribution >= 4 is 34.7 Å². The second-order valence-electron chi connectivity index (χ2n) is 8.65. The summed E-state index contributed by atoms with van der Waals surface area (Å²) in [5, 5.41) is 9.12. The van der Waals surface area contributed by atoms with E-state index in [9.17, 15) is 14.4 Å². The summed E-state index contributed by atoms with van der Waals surface area (Å²) in [5.74, 6) is -0.142. The van der Waals surface area contributed by atoms with Gasteiger partial charge in [-0.1, -0.05) is 12.1 Å². The molecule has 2 aliphatic rings. The van der Waals surface area contributed by atoms with Crippen LogP contribution in [0.25, 0.3) is 11.0 Å². The summed E-state index contributed by atoms with van der Waals surface area (Å²) < 4.78 is 1.96. The number of para-hydroxylation sites is 1. The van der Waals surface area contributed by atoms with Crippen molar-refractivity contribution in [3.63, 3.8) is 0 Å². The van der Waals surface area contributed by atoms with Crippen LogP contribution in [0.2, 0.25) is 0 Å². The van der Waals surface area contributed by atoms with Crippen molar-refractivity contribution in [1.29, 1.82) is 0 Å². The number of nitrogens with zero attached hydrogens (tertiary/aromatic N) is 3. The predicted molar refractivity (Wildman–Crippen MR) is 129 cm³/mol. The van der Waals surface area contributed by atoms with Gasteiger partial charge in [-0.15, -0.1) is 0 Å². The number of amides is 3. The highest BCUT2D eigenvalue weighted by Gasteiger charge is 2.24. The average Bonchev–Trinajstić information content (AvgIpc) is 3.22. The van der Waals surface area contributed by atoms with Gasteiger partial charge < -0.3 is 20.1 Å². The normalized spacial score (nSPS) is 17.5. The quantitative estimate of drug-likeness (QED) is 0.516. The van der Waals surface area contributed by atoms with Crippen LogP contribution in [-0.2, 0) is 6.54 Å². The summed E-state index contributed by atoms with van der Waals surface area (Å²) in [6, 6.07) is 12.2. The lowest BCUT2D eigenvalue weighted by molar-refractivity contribution is 0.0737. The van der Waals surface area contributed by atoms with Crippen molar-refractivity contribution in [1.82, 2.24) is 25.1 Å². The molecule has 3 amide bonds. The van der Waals surface area contributed by atoms with Crippen LogP contribution < -0.4 is 16.0 Å². The molecule has 3 heterocycles. The number of carbonyl (C=O) groups is 3. The molecule has 5 rings (SSSR count). The smallest absolute Gasteiger partial charge is 0.257 e. The van der Waals surface area contributed by atoms with Crippen LogP contribution in [0.5, 0.6) is 0 Å².